The van der Waals surface area contributed by atoms with Crippen LogP contribution in [0.25, 0.3) is 0 Å². The molecule has 0 saturated carbocycles. The van der Waals surface area contributed by atoms with Crippen LogP contribution in [-0.4, -0.2) is 31.2 Å². The van der Waals surface area contributed by atoms with Gasteiger partial charge in [0.2, 0.25) is 0 Å². The lowest BCUT2D eigenvalue weighted by molar-refractivity contribution is 0.0950. The Bertz CT molecular complexity index is 1130. The minimum atomic E-state index is -0.802. The minimum Gasteiger partial charge on any atom is -0.494 e. The summed E-state index contributed by atoms with van der Waals surface area (Å²) in [6.45, 7) is 4.54. The van der Waals surface area contributed by atoms with Crippen molar-refractivity contribution in [2.75, 3.05) is 18.5 Å². The van der Waals surface area contributed by atoms with E-state index in [1.807, 2.05) is 19.1 Å². The van der Waals surface area contributed by atoms with Crippen LogP contribution in [0.3, 0.4) is 0 Å². The highest BCUT2D eigenvalue weighted by atomic mass is 16.7. The van der Waals surface area contributed by atoms with Crippen LogP contribution < -0.4 is 20.1 Å². The number of hydrogen-bond donors (Lipinski definition) is 2. The van der Waals surface area contributed by atoms with Gasteiger partial charge in [0.1, 0.15) is 11.5 Å². The molecule has 0 fully saturated rings. The van der Waals surface area contributed by atoms with Crippen LogP contribution in [-0.2, 0) is 11.3 Å². The second-order valence-electron chi connectivity index (χ2n) is 7.06. The predicted octanol–water partition coefficient (Wildman–Crippen LogP) is 4.80. The van der Waals surface area contributed by atoms with Gasteiger partial charge in [0.25, 0.3) is 11.8 Å². The summed E-state index contributed by atoms with van der Waals surface area (Å²) < 4.78 is 15.1. The zero-order chi connectivity index (χ0) is 24.3. The van der Waals surface area contributed by atoms with E-state index in [0.717, 1.165) is 5.56 Å². The molecule has 176 valence electrons. The number of carbonyl (C=O) groups excluding carboxylic acids is 3. The number of anilines is 1. The van der Waals surface area contributed by atoms with Crippen molar-refractivity contribution >= 4 is 23.7 Å². The van der Waals surface area contributed by atoms with Gasteiger partial charge in [-0.05, 0) is 74.0 Å². The molecule has 2 N–H and O–H groups in total. The molecular formula is C26H26N2O6. The first-order valence-corrected chi connectivity index (χ1v) is 10.8. The maximum atomic E-state index is 12.7. The third-order valence-corrected chi connectivity index (χ3v) is 4.71. The number of hydrogen-bond acceptors (Lipinski definition) is 6. The van der Waals surface area contributed by atoms with Crippen molar-refractivity contribution in [1.82, 2.24) is 5.32 Å². The Balaban J connectivity index is 1.60. The van der Waals surface area contributed by atoms with Crippen molar-refractivity contribution in [3.8, 4) is 11.5 Å². The van der Waals surface area contributed by atoms with E-state index >= 15 is 0 Å². The Kier molecular flexibility index (Phi) is 8.62. The van der Waals surface area contributed by atoms with E-state index in [0.29, 0.717) is 29.2 Å². The van der Waals surface area contributed by atoms with E-state index in [1.165, 1.54) is 12.1 Å². The van der Waals surface area contributed by atoms with Crippen LogP contribution in [0.5, 0.6) is 11.5 Å². The van der Waals surface area contributed by atoms with Crippen molar-refractivity contribution in [3.63, 3.8) is 0 Å². The van der Waals surface area contributed by atoms with Gasteiger partial charge in [-0.3, -0.25) is 9.59 Å². The molecule has 8 heteroatoms. The molecule has 0 bridgehead atoms. The smallest absolute Gasteiger partial charge is 0.494 e. The van der Waals surface area contributed by atoms with Gasteiger partial charge >= 0.3 is 6.16 Å². The lowest BCUT2D eigenvalue weighted by Gasteiger charge is -2.13. The molecule has 0 aliphatic rings. The Hall–Kier alpha value is -4.33. The predicted molar refractivity (Wildman–Crippen MR) is 127 cm³/mol. The molecule has 0 aliphatic carbocycles. The zero-order valence-electron chi connectivity index (χ0n) is 19.0. The zero-order valence-corrected chi connectivity index (χ0v) is 19.0. The van der Waals surface area contributed by atoms with E-state index < -0.39 is 6.16 Å². The van der Waals surface area contributed by atoms with Gasteiger partial charge < -0.3 is 24.8 Å². The maximum absolute atomic E-state index is 12.7. The van der Waals surface area contributed by atoms with Crippen molar-refractivity contribution in [2.24, 2.45) is 0 Å². The molecule has 0 aromatic heterocycles. The van der Waals surface area contributed by atoms with Gasteiger partial charge in [-0.25, -0.2) is 4.79 Å². The first-order valence-electron chi connectivity index (χ1n) is 10.8. The third kappa shape index (κ3) is 6.83. The number of para-hydroxylation sites is 1. The summed E-state index contributed by atoms with van der Waals surface area (Å²) in [5.41, 5.74) is 2.23. The van der Waals surface area contributed by atoms with Crippen LogP contribution in [0.1, 0.15) is 40.1 Å². The van der Waals surface area contributed by atoms with Gasteiger partial charge in [-0.2, -0.15) is 0 Å². The molecular weight excluding hydrogens is 436 g/mol. The van der Waals surface area contributed by atoms with Crippen molar-refractivity contribution < 1.29 is 28.6 Å². The molecule has 3 aromatic rings. The molecule has 3 aromatic carbocycles. The number of amides is 2. The van der Waals surface area contributed by atoms with Gasteiger partial charge in [0.15, 0.2) is 0 Å². The largest absolute Gasteiger partial charge is 0.513 e. The van der Waals surface area contributed by atoms with Gasteiger partial charge in [0.05, 0.1) is 13.2 Å². The van der Waals surface area contributed by atoms with Crippen LogP contribution in [0.2, 0.25) is 0 Å². The fourth-order valence-corrected chi connectivity index (χ4v) is 3.06. The molecule has 0 spiro atoms. The Morgan fingerprint density at radius 2 is 1.35 bits per heavy atom. The van der Waals surface area contributed by atoms with Crippen LogP contribution in [0.4, 0.5) is 10.5 Å². The highest BCUT2D eigenvalue weighted by molar-refractivity contribution is 6.04. The van der Waals surface area contributed by atoms with E-state index in [2.05, 4.69) is 10.6 Å². The lowest BCUT2D eigenvalue weighted by Crippen LogP contribution is -2.24. The SMILES string of the molecule is CCOC(=O)Oc1ccc(C(=O)NCc2ccccc2NC(=O)c2ccc(OCC)cc2)cc1. The molecule has 0 saturated heterocycles. The molecule has 34 heavy (non-hydrogen) atoms. The standard InChI is InChI=1S/C26H26N2O6/c1-3-32-21-13-9-19(10-14-21)25(30)28-23-8-6-5-7-20(23)17-27-24(29)18-11-15-22(16-12-18)34-26(31)33-4-2/h5-16H,3-4,17H2,1-2H3,(H,27,29)(H,28,30). The summed E-state index contributed by atoms with van der Waals surface area (Å²) in [6, 6.07) is 20.2. The Morgan fingerprint density at radius 3 is 2.00 bits per heavy atom. The summed E-state index contributed by atoms with van der Waals surface area (Å²) in [6.07, 6.45) is -0.802. The summed E-state index contributed by atoms with van der Waals surface area (Å²) in [5.74, 6) is 0.398. The Morgan fingerprint density at radius 1 is 0.735 bits per heavy atom. The molecule has 0 aliphatic heterocycles. The first kappa shape index (κ1) is 24.3. The number of ether oxygens (including phenoxy) is 3. The molecule has 0 atom stereocenters. The monoisotopic (exact) mass is 462 g/mol. The van der Waals surface area contributed by atoms with Gasteiger partial charge in [0, 0.05) is 23.4 Å². The van der Waals surface area contributed by atoms with E-state index in [1.54, 1.807) is 55.5 Å². The summed E-state index contributed by atoms with van der Waals surface area (Å²) in [7, 11) is 0. The number of nitrogens with one attached hydrogen (secondary N) is 2. The second kappa shape index (κ2) is 12.1. The molecule has 3 rings (SSSR count). The second-order valence-corrected chi connectivity index (χ2v) is 7.06. The Labute approximate surface area is 197 Å². The normalized spacial score (nSPS) is 10.2. The molecule has 0 unspecified atom stereocenters. The van der Waals surface area contributed by atoms with Crippen molar-refractivity contribution in [1.29, 1.82) is 0 Å². The van der Waals surface area contributed by atoms with Crippen molar-refractivity contribution in [2.45, 2.75) is 20.4 Å². The van der Waals surface area contributed by atoms with Crippen molar-refractivity contribution in [3.05, 3.63) is 89.5 Å². The molecule has 8 nitrogen and oxygen atoms in total. The first-order chi connectivity index (χ1) is 16.5. The summed E-state index contributed by atoms with van der Waals surface area (Å²) in [5, 5.41) is 5.72. The fourth-order valence-electron chi connectivity index (χ4n) is 3.06. The summed E-state index contributed by atoms with van der Waals surface area (Å²) in [4.78, 5) is 36.6. The van der Waals surface area contributed by atoms with E-state index in [4.69, 9.17) is 14.2 Å². The lowest BCUT2D eigenvalue weighted by atomic mass is 10.1. The molecule has 0 radical (unpaired) electrons. The summed E-state index contributed by atoms with van der Waals surface area (Å²) >= 11 is 0. The quantitative estimate of drug-likeness (QED) is 0.350. The van der Waals surface area contributed by atoms with E-state index in [9.17, 15) is 14.4 Å². The number of benzene rings is 3. The van der Waals surface area contributed by atoms with Crippen LogP contribution >= 0.6 is 0 Å². The highest BCUT2D eigenvalue weighted by Crippen LogP contribution is 2.18. The average molecular weight is 463 g/mol. The molecule has 2 amide bonds. The fraction of sp³-hybridized carbons (Fsp3) is 0.192. The minimum absolute atomic E-state index is 0.208. The molecule has 0 heterocycles. The number of rotatable bonds is 9. The van der Waals surface area contributed by atoms with E-state index in [-0.39, 0.29) is 30.7 Å². The topological polar surface area (TPSA) is 103 Å². The highest BCUT2D eigenvalue weighted by Gasteiger charge is 2.12. The van der Waals surface area contributed by atoms with Gasteiger partial charge in [-0.15, -0.1) is 0 Å². The average Bonchev–Trinajstić information content (AvgIpc) is 2.84. The third-order valence-electron chi connectivity index (χ3n) is 4.71. The van der Waals surface area contributed by atoms with Crippen LogP contribution in [0, 0.1) is 0 Å². The van der Waals surface area contributed by atoms with Gasteiger partial charge in [-0.1, -0.05) is 18.2 Å². The number of carbonyl (C=O) groups is 3. The maximum Gasteiger partial charge on any atom is 0.513 e. The van der Waals surface area contributed by atoms with Crippen LogP contribution in [0.15, 0.2) is 72.8 Å².